The standard InChI is InChI=1S/C13H19N3OS/c1-9-12(16-4-5-18-13(16)15-9)8-14-7-10-2-3-11(17)6-10/h4-5,10-11,14,17H,2-3,6-8H2,1H3. The highest BCUT2D eigenvalue weighted by Gasteiger charge is 2.22. The van der Waals surface area contributed by atoms with Crippen molar-refractivity contribution < 1.29 is 5.11 Å². The molecule has 3 rings (SSSR count). The van der Waals surface area contributed by atoms with Gasteiger partial charge in [-0.2, -0.15) is 0 Å². The molecule has 0 aromatic carbocycles. The Labute approximate surface area is 111 Å². The minimum atomic E-state index is -0.0721. The van der Waals surface area contributed by atoms with Crippen LogP contribution in [0.15, 0.2) is 11.6 Å². The van der Waals surface area contributed by atoms with Gasteiger partial charge in [-0.1, -0.05) is 0 Å². The summed E-state index contributed by atoms with van der Waals surface area (Å²) < 4.78 is 2.16. The summed E-state index contributed by atoms with van der Waals surface area (Å²) in [5, 5.41) is 15.1. The van der Waals surface area contributed by atoms with E-state index in [2.05, 4.69) is 33.2 Å². The van der Waals surface area contributed by atoms with E-state index in [9.17, 15) is 5.11 Å². The minimum Gasteiger partial charge on any atom is -0.393 e. The van der Waals surface area contributed by atoms with Gasteiger partial charge in [0.2, 0.25) is 0 Å². The first-order valence-corrected chi connectivity index (χ1v) is 7.42. The van der Waals surface area contributed by atoms with E-state index in [1.165, 1.54) is 5.69 Å². The summed E-state index contributed by atoms with van der Waals surface area (Å²) in [6, 6.07) is 0. The molecule has 2 unspecified atom stereocenters. The lowest BCUT2D eigenvalue weighted by atomic mass is 10.1. The molecule has 1 fully saturated rings. The van der Waals surface area contributed by atoms with Gasteiger partial charge < -0.3 is 10.4 Å². The molecule has 0 aliphatic heterocycles. The van der Waals surface area contributed by atoms with E-state index in [0.717, 1.165) is 43.0 Å². The second kappa shape index (κ2) is 4.99. The number of imidazole rings is 1. The van der Waals surface area contributed by atoms with Crippen LogP contribution < -0.4 is 5.32 Å². The summed E-state index contributed by atoms with van der Waals surface area (Å²) in [5.41, 5.74) is 2.37. The predicted octanol–water partition coefficient (Wildman–Crippen LogP) is 1.95. The van der Waals surface area contributed by atoms with Gasteiger partial charge in [-0.25, -0.2) is 4.98 Å². The molecule has 2 aromatic rings. The lowest BCUT2D eigenvalue weighted by molar-refractivity contribution is 0.177. The third kappa shape index (κ3) is 2.30. The van der Waals surface area contributed by atoms with Gasteiger partial charge in [-0.05, 0) is 38.6 Å². The Bertz CT molecular complexity index is 533. The molecule has 0 bridgehead atoms. The molecule has 18 heavy (non-hydrogen) atoms. The van der Waals surface area contributed by atoms with Crippen molar-refractivity contribution in [2.45, 2.75) is 38.8 Å². The van der Waals surface area contributed by atoms with Crippen molar-refractivity contribution in [1.29, 1.82) is 0 Å². The summed E-state index contributed by atoms with van der Waals surface area (Å²) in [4.78, 5) is 5.61. The number of fused-ring (bicyclic) bond motifs is 1. The molecule has 0 saturated heterocycles. The van der Waals surface area contributed by atoms with Gasteiger partial charge in [-0.15, -0.1) is 11.3 Å². The monoisotopic (exact) mass is 265 g/mol. The number of aryl methyl sites for hydroxylation is 1. The minimum absolute atomic E-state index is 0.0721. The van der Waals surface area contributed by atoms with Crippen LogP contribution in [-0.2, 0) is 6.54 Å². The average Bonchev–Trinajstić information content (AvgIpc) is 2.99. The summed E-state index contributed by atoms with van der Waals surface area (Å²) in [6.45, 7) is 3.92. The number of hydrogen-bond donors (Lipinski definition) is 2. The molecule has 0 radical (unpaired) electrons. The number of aliphatic hydroxyl groups is 1. The van der Waals surface area contributed by atoms with E-state index >= 15 is 0 Å². The van der Waals surface area contributed by atoms with E-state index in [-0.39, 0.29) is 6.10 Å². The molecule has 4 nitrogen and oxygen atoms in total. The van der Waals surface area contributed by atoms with Crippen molar-refractivity contribution in [3.63, 3.8) is 0 Å². The molecule has 2 atom stereocenters. The van der Waals surface area contributed by atoms with Crippen LogP contribution in [0.1, 0.15) is 30.7 Å². The maximum absolute atomic E-state index is 9.50. The van der Waals surface area contributed by atoms with E-state index in [1.807, 2.05) is 0 Å². The number of rotatable bonds is 4. The maximum atomic E-state index is 9.50. The van der Waals surface area contributed by atoms with E-state index in [1.54, 1.807) is 11.3 Å². The Hall–Kier alpha value is -0.910. The second-order valence-corrected chi connectivity index (χ2v) is 6.04. The van der Waals surface area contributed by atoms with Crippen LogP contribution in [0.5, 0.6) is 0 Å². The first kappa shape index (κ1) is 12.1. The summed E-state index contributed by atoms with van der Waals surface area (Å²) >= 11 is 1.67. The Morgan fingerprint density at radius 3 is 3.22 bits per heavy atom. The summed E-state index contributed by atoms with van der Waals surface area (Å²) in [7, 11) is 0. The molecule has 2 N–H and O–H groups in total. The average molecular weight is 265 g/mol. The molecular formula is C13H19N3OS. The topological polar surface area (TPSA) is 49.6 Å². The SMILES string of the molecule is Cc1nc2sccn2c1CNCC1CCC(O)C1. The lowest BCUT2D eigenvalue weighted by Gasteiger charge is -2.10. The van der Waals surface area contributed by atoms with Crippen molar-refractivity contribution >= 4 is 16.3 Å². The van der Waals surface area contributed by atoms with Crippen LogP contribution in [0.4, 0.5) is 0 Å². The molecule has 2 heterocycles. The number of nitrogens with one attached hydrogen (secondary N) is 1. The number of nitrogens with zero attached hydrogens (tertiary/aromatic N) is 2. The van der Waals surface area contributed by atoms with Crippen LogP contribution in [0, 0.1) is 12.8 Å². The van der Waals surface area contributed by atoms with Gasteiger partial charge in [0, 0.05) is 18.1 Å². The predicted molar refractivity (Wildman–Crippen MR) is 72.9 cm³/mol. The Morgan fingerprint density at radius 2 is 2.44 bits per heavy atom. The third-order valence-electron chi connectivity index (χ3n) is 3.80. The summed E-state index contributed by atoms with van der Waals surface area (Å²) in [6.07, 6.45) is 5.07. The third-order valence-corrected chi connectivity index (χ3v) is 4.56. The van der Waals surface area contributed by atoms with Gasteiger partial charge in [0.1, 0.15) is 0 Å². The smallest absolute Gasteiger partial charge is 0.194 e. The number of aliphatic hydroxyl groups excluding tert-OH is 1. The Kier molecular flexibility index (Phi) is 3.37. The fourth-order valence-corrected chi connectivity index (χ4v) is 3.56. The first-order chi connectivity index (χ1) is 8.74. The fraction of sp³-hybridized carbons (Fsp3) is 0.615. The van der Waals surface area contributed by atoms with Crippen molar-refractivity contribution in [2.24, 2.45) is 5.92 Å². The quantitative estimate of drug-likeness (QED) is 0.888. The Morgan fingerprint density at radius 1 is 1.56 bits per heavy atom. The molecule has 1 aliphatic rings. The largest absolute Gasteiger partial charge is 0.393 e. The lowest BCUT2D eigenvalue weighted by Crippen LogP contribution is -2.22. The fourth-order valence-electron chi connectivity index (χ4n) is 2.78. The molecule has 0 amide bonds. The highest BCUT2D eigenvalue weighted by molar-refractivity contribution is 7.15. The first-order valence-electron chi connectivity index (χ1n) is 6.54. The van der Waals surface area contributed by atoms with Crippen molar-refractivity contribution in [1.82, 2.24) is 14.7 Å². The van der Waals surface area contributed by atoms with Gasteiger partial charge >= 0.3 is 0 Å². The van der Waals surface area contributed by atoms with Crippen LogP contribution in [0.2, 0.25) is 0 Å². The normalized spacial score (nSPS) is 24.1. The molecule has 98 valence electrons. The van der Waals surface area contributed by atoms with Gasteiger partial charge in [-0.3, -0.25) is 4.40 Å². The maximum Gasteiger partial charge on any atom is 0.194 e. The molecule has 0 spiro atoms. The molecule has 5 heteroatoms. The highest BCUT2D eigenvalue weighted by atomic mass is 32.1. The molecule has 1 saturated carbocycles. The van der Waals surface area contributed by atoms with Gasteiger partial charge in [0.15, 0.2) is 4.96 Å². The number of thiazole rings is 1. The number of hydrogen-bond acceptors (Lipinski definition) is 4. The van der Waals surface area contributed by atoms with Crippen LogP contribution >= 0.6 is 11.3 Å². The molecular weight excluding hydrogens is 246 g/mol. The Balaban J connectivity index is 1.59. The second-order valence-electron chi connectivity index (χ2n) is 5.16. The zero-order valence-corrected chi connectivity index (χ0v) is 11.4. The zero-order valence-electron chi connectivity index (χ0n) is 10.6. The number of aromatic nitrogens is 2. The zero-order chi connectivity index (χ0) is 12.5. The van der Waals surface area contributed by atoms with E-state index < -0.39 is 0 Å². The van der Waals surface area contributed by atoms with Crippen LogP contribution in [0.3, 0.4) is 0 Å². The summed E-state index contributed by atoms with van der Waals surface area (Å²) in [5.74, 6) is 0.631. The van der Waals surface area contributed by atoms with Crippen molar-refractivity contribution in [3.05, 3.63) is 23.0 Å². The van der Waals surface area contributed by atoms with E-state index in [4.69, 9.17) is 0 Å². The van der Waals surface area contributed by atoms with Crippen molar-refractivity contribution in [2.75, 3.05) is 6.54 Å². The van der Waals surface area contributed by atoms with Gasteiger partial charge in [0.05, 0.1) is 17.5 Å². The van der Waals surface area contributed by atoms with Crippen LogP contribution in [0.25, 0.3) is 4.96 Å². The van der Waals surface area contributed by atoms with E-state index in [0.29, 0.717) is 5.92 Å². The van der Waals surface area contributed by atoms with Crippen LogP contribution in [-0.4, -0.2) is 27.1 Å². The molecule has 2 aromatic heterocycles. The highest BCUT2D eigenvalue weighted by Crippen LogP contribution is 2.24. The van der Waals surface area contributed by atoms with Gasteiger partial charge in [0.25, 0.3) is 0 Å². The van der Waals surface area contributed by atoms with Crippen molar-refractivity contribution in [3.8, 4) is 0 Å². The molecule has 1 aliphatic carbocycles.